The SMILES string of the molecule is CCOc1cc(C2NN=C(c3ccccc3)S2)ccc1OCc1ccc(Cl)c(Cl)c1. The van der Waals surface area contributed by atoms with Crippen molar-refractivity contribution in [1.29, 1.82) is 0 Å². The molecular formula is C23H20Cl2N2O2S. The van der Waals surface area contributed by atoms with Crippen LogP contribution in [0.25, 0.3) is 0 Å². The number of nitrogens with zero attached hydrogens (tertiary/aromatic N) is 1. The van der Waals surface area contributed by atoms with Crippen LogP contribution in [0.1, 0.15) is 29.0 Å². The molecule has 1 aliphatic rings. The van der Waals surface area contributed by atoms with Gasteiger partial charge in [0.2, 0.25) is 0 Å². The molecule has 0 fully saturated rings. The van der Waals surface area contributed by atoms with Crippen LogP contribution >= 0.6 is 35.0 Å². The molecule has 7 heteroatoms. The first kappa shape index (κ1) is 20.9. The van der Waals surface area contributed by atoms with Crippen LogP contribution in [0.2, 0.25) is 10.0 Å². The normalized spacial score (nSPS) is 15.4. The van der Waals surface area contributed by atoms with Crippen LogP contribution in [-0.4, -0.2) is 11.7 Å². The van der Waals surface area contributed by atoms with E-state index in [9.17, 15) is 0 Å². The van der Waals surface area contributed by atoms with Gasteiger partial charge in [-0.1, -0.05) is 77.4 Å². The van der Waals surface area contributed by atoms with E-state index in [1.54, 1.807) is 23.9 Å². The third-order valence-electron chi connectivity index (χ3n) is 4.48. The van der Waals surface area contributed by atoms with E-state index in [0.717, 1.165) is 21.7 Å². The smallest absolute Gasteiger partial charge is 0.161 e. The second kappa shape index (κ2) is 9.65. The molecule has 0 bridgehead atoms. The van der Waals surface area contributed by atoms with Gasteiger partial charge in [0.25, 0.3) is 0 Å². The molecule has 3 aromatic rings. The van der Waals surface area contributed by atoms with Gasteiger partial charge in [0.15, 0.2) is 11.5 Å². The quantitative estimate of drug-likeness (QED) is 0.429. The lowest BCUT2D eigenvalue weighted by molar-refractivity contribution is 0.269. The fourth-order valence-corrected chi connectivity index (χ4v) is 4.31. The molecular weight excluding hydrogens is 439 g/mol. The molecule has 1 heterocycles. The maximum Gasteiger partial charge on any atom is 0.161 e. The molecule has 0 spiro atoms. The van der Waals surface area contributed by atoms with Gasteiger partial charge < -0.3 is 9.47 Å². The van der Waals surface area contributed by atoms with E-state index in [4.69, 9.17) is 32.7 Å². The lowest BCUT2D eigenvalue weighted by Gasteiger charge is -2.16. The fraction of sp³-hybridized carbons (Fsp3) is 0.174. The number of hydrazone groups is 1. The zero-order valence-corrected chi connectivity index (χ0v) is 18.6. The van der Waals surface area contributed by atoms with E-state index in [-0.39, 0.29) is 5.37 Å². The van der Waals surface area contributed by atoms with Crippen LogP contribution in [-0.2, 0) is 6.61 Å². The highest BCUT2D eigenvalue weighted by Gasteiger charge is 2.23. The number of thioether (sulfide) groups is 1. The predicted molar refractivity (Wildman–Crippen MR) is 125 cm³/mol. The van der Waals surface area contributed by atoms with Gasteiger partial charge >= 0.3 is 0 Å². The molecule has 4 nitrogen and oxygen atoms in total. The molecule has 0 saturated heterocycles. The maximum atomic E-state index is 6.09. The lowest BCUT2D eigenvalue weighted by Crippen LogP contribution is -2.07. The van der Waals surface area contributed by atoms with Gasteiger partial charge in [0.05, 0.1) is 16.7 Å². The Morgan fingerprint density at radius 1 is 0.933 bits per heavy atom. The Labute approximate surface area is 190 Å². The van der Waals surface area contributed by atoms with Crippen LogP contribution in [0.3, 0.4) is 0 Å². The first-order chi connectivity index (χ1) is 14.6. The van der Waals surface area contributed by atoms with E-state index < -0.39 is 0 Å². The third-order valence-corrected chi connectivity index (χ3v) is 6.38. The predicted octanol–water partition coefficient (Wildman–Crippen LogP) is 6.67. The molecule has 3 aromatic carbocycles. The number of nitrogens with one attached hydrogen (secondary N) is 1. The van der Waals surface area contributed by atoms with E-state index in [2.05, 4.69) is 22.7 Å². The molecule has 30 heavy (non-hydrogen) atoms. The summed E-state index contributed by atoms with van der Waals surface area (Å²) >= 11 is 13.8. The monoisotopic (exact) mass is 458 g/mol. The van der Waals surface area contributed by atoms with Crippen molar-refractivity contribution in [1.82, 2.24) is 5.43 Å². The first-order valence-corrected chi connectivity index (χ1v) is 11.2. The Bertz CT molecular complexity index is 1060. The Kier molecular flexibility index (Phi) is 6.72. The molecule has 4 rings (SSSR count). The average molecular weight is 459 g/mol. The third kappa shape index (κ3) is 4.86. The summed E-state index contributed by atoms with van der Waals surface area (Å²) in [5.41, 5.74) is 6.31. The zero-order valence-electron chi connectivity index (χ0n) is 16.3. The summed E-state index contributed by atoms with van der Waals surface area (Å²) in [4.78, 5) is 0. The summed E-state index contributed by atoms with van der Waals surface area (Å²) in [5.74, 6) is 1.38. The van der Waals surface area contributed by atoms with Crippen LogP contribution in [0, 0.1) is 0 Å². The molecule has 154 valence electrons. The van der Waals surface area contributed by atoms with Gasteiger partial charge in [-0.05, 0) is 42.3 Å². The summed E-state index contributed by atoms with van der Waals surface area (Å²) < 4.78 is 11.8. The minimum absolute atomic E-state index is 0.0172. The molecule has 0 aromatic heterocycles. The molecule has 1 unspecified atom stereocenters. The van der Waals surface area contributed by atoms with Crippen LogP contribution < -0.4 is 14.9 Å². The van der Waals surface area contributed by atoms with Crippen LogP contribution in [0.15, 0.2) is 71.8 Å². The van der Waals surface area contributed by atoms with Crippen molar-refractivity contribution in [3.05, 3.63) is 93.5 Å². The van der Waals surface area contributed by atoms with E-state index in [0.29, 0.717) is 34.8 Å². The number of benzene rings is 3. The van der Waals surface area contributed by atoms with Crippen LogP contribution in [0.5, 0.6) is 11.5 Å². The summed E-state index contributed by atoms with van der Waals surface area (Å²) in [6, 6.07) is 21.6. The number of hydrogen-bond donors (Lipinski definition) is 1. The number of rotatable bonds is 7. The van der Waals surface area contributed by atoms with Crippen molar-refractivity contribution in [3.8, 4) is 11.5 Å². The Morgan fingerprint density at radius 3 is 2.53 bits per heavy atom. The van der Waals surface area contributed by atoms with Crippen molar-refractivity contribution in [3.63, 3.8) is 0 Å². The molecule has 1 aliphatic heterocycles. The topological polar surface area (TPSA) is 42.8 Å². The Morgan fingerprint density at radius 2 is 1.77 bits per heavy atom. The number of hydrogen-bond acceptors (Lipinski definition) is 5. The van der Waals surface area contributed by atoms with Crippen molar-refractivity contribution in [2.45, 2.75) is 18.9 Å². The van der Waals surface area contributed by atoms with Gasteiger partial charge in [-0.15, -0.1) is 0 Å². The van der Waals surface area contributed by atoms with Gasteiger partial charge in [0.1, 0.15) is 17.0 Å². The summed E-state index contributed by atoms with van der Waals surface area (Å²) in [7, 11) is 0. The number of ether oxygens (including phenoxy) is 2. The van der Waals surface area contributed by atoms with E-state index in [1.165, 1.54) is 0 Å². The van der Waals surface area contributed by atoms with Crippen molar-refractivity contribution >= 4 is 40.0 Å². The Hall–Kier alpha value is -2.34. The second-order valence-corrected chi connectivity index (χ2v) is 8.49. The lowest BCUT2D eigenvalue weighted by atomic mass is 10.2. The van der Waals surface area contributed by atoms with Gasteiger partial charge in [-0.3, -0.25) is 5.43 Å². The summed E-state index contributed by atoms with van der Waals surface area (Å²) in [6.45, 7) is 2.87. The minimum atomic E-state index is 0.0172. The van der Waals surface area contributed by atoms with Crippen LogP contribution in [0.4, 0.5) is 0 Å². The number of halogens is 2. The molecule has 0 amide bonds. The summed E-state index contributed by atoms with van der Waals surface area (Å²) in [6.07, 6.45) is 0. The van der Waals surface area contributed by atoms with Gasteiger partial charge in [-0.2, -0.15) is 5.10 Å². The highest BCUT2D eigenvalue weighted by Crippen LogP contribution is 2.38. The molecule has 1 atom stereocenters. The highest BCUT2D eigenvalue weighted by molar-refractivity contribution is 8.14. The Balaban J connectivity index is 1.47. The van der Waals surface area contributed by atoms with Crippen molar-refractivity contribution < 1.29 is 9.47 Å². The van der Waals surface area contributed by atoms with Crippen molar-refractivity contribution in [2.24, 2.45) is 5.10 Å². The minimum Gasteiger partial charge on any atom is -0.490 e. The van der Waals surface area contributed by atoms with Gasteiger partial charge in [0, 0.05) is 5.56 Å². The maximum absolute atomic E-state index is 6.09. The van der Waals surface area contributed by atoms with E-state index in [1.807, 2.05) is 49.4 Å². The largest absolute Gasteiger partial charge is 0.490 e. The van der Waals surface area contributed by atoms with Gasteiger partial charge in [-0.25, -0.2) is 0 Å². The highest BCUT2D eigenvalue weighted by atomic mass is 35.5. The summed E-state index contributed by atoms with van der Waals surface area (Å²) in [5, 5.41) is 6.51. The molecule has 0 radical (unpaired) electrons. The molecule has 1 N–H and O–H groups in total. The standard InChI is InChI=1S/C23H20Cl2N2O2S/c1-2-28-21-13-17(23-27-26-22(30-23)16-6-4-3-5-7-16)9-11-20(21)29-14-15-8-10-18(24)19(25)12-15/h3-13,23,27H,2,14H2,1H3. The molecule has 0 aliphatic carbocycles. The zero-order chi connectivity index (χ0) is 20.9. The first-order valence-electron chi connectivity index (χ1n) is 9.53. The van der Waals surface area contributed by atoms with E-state index >= 15 is 0 Å². The fourth-order valence-electron chi connectivity index (χ4n) is 3.00. The second-order valence-electron chi connectivity index (χ2n) is 6.59. The van der Waals surface area contributed by atoms with Crippen molar-refractivity contribution in [2.75, 3.05) is 6.61 Å². The molecule has 0 saturated carbocycles. The average Bonchev–Trinajstić information content (AvgIpc) is 3.26.